The maximum Gasteiger partial charge on any atom is 0.207 e. The summed E-state index contributed by atoms with van der Waals surface area (Å²) in [6.45, 7) is 5.75. The van der Waals surface area contributed by atoms with E-state index < -0.39 is 0 Å². The van der Waals surface area contributed by atoms with Crippen LogP contribution in [0.15, 0.2) is 73.6 Å². The second-order valence-corrected chi connectivity index (χ2v) is 6.52. The van der Waals surface area contributed by atoms with Crippen molar-refractivity contribution < 1.29 is 9.64 Å². The molecule has 0 aliphatic carbocycles. The van der Waals surface area contributed by atoms with Crippen LogP contribution >= 0.6 is 12.2 Å². The summed E-state index contributed by atoms with van der Waals surface area (Å²) in [4.78, 5) is 1.29. The third-order valence-corrected chi connectivity index (χ3v) is 4.39. The number of nitrogens with zero attached hydrogens (tertiary/aromatic N) is 3. The molecule has 0 amide bonds. The van der Waals surface area contributed by atoms with Gasteiger partial charge in [0.05, 0.1) is 7.05 Å². The molecule has 134 valence electrons. The average Bonchev–Trinajstić information content (AvgIpc) is 3.02. The molecule has 1 heterocycles. The molecule has 0 spiro atoms. The van der Waals surface area contributed by atoms with E-state index in [-0.39, 0.29) is 0 Å². The van der Waals surface area contributed by atoms with Gasteiger partial charge in [-0.3, -0.25) is 4.57 Å². The quantitative estimate of drug-likeness (QED) is 0.491. The van der Waals surface area contributed by atoms with Crippen molar-refractivity contribution in [1.29, 1.82) is 0 Å². The first-order valence-electron chi connectivity index (χ1n) is 8.51. The zero-order valence-electron chi connectivity index (χ0n) is 14.8. The summed E-state index contributed by atoms with van der Waals surface area (Å²) in [6, 6.07) is 18.2. The van der Waals surface area contributed by atoms with E-state index in [4.69, 9.17) is 17.0 Å². The second kappa shape index (κ2) is 8.60. The van der Waals surface area contributed by atoms with Gasteiger partial charge in [-0.1, -0.05) is 30.9 Å². The van der Waals surface area contributed by atoms with Crippen molar-refractivity contribution in [2.75, 3.05) is 13.7 Å². The van der Waals surface area contributed by atoms with E-state index in [0.29, 0.717) is 18.0 Å². The van der Waals surface area contributed by atoms with E-state index in [1.54, 1.807) is 12.4 Å². The average molecular weight is 367 g/mol. The van der Waals surface area contributed by atoms with E-state index in [1.807, 2.05) is 51.7 Å². The SMILES string of the molecule is C=CCOc1ccc(C[NH+](C)Cn2ncn(-c3ccccc3)c2=S)cc1. The minimum Gasteiger partial charge on any atom is -0.490 e. The Balaban J connectivity index is 1.63. The van der Waals surface area contributed by atoms with Gasteiger partial charge in [-0.05, 0) is 48.6 Å². The molecular weight excluding hydrogens is 344 g/mol. The van der Waals surface area contributed by atoms with Crippen LogP contribution in [0.2, 0.25) is 0 Å². The summed E-state index contributed by atoms with van der Waals surface area (Å²) in [5.41, 5.74) is 2.26. The van der Waals surface area contributed by atoms with Gasteiger partial charge in [0.1, 0.15) is 25.2 Å². The summed E-state index contributed by atoms with van der Waals surface area (Å²) < 4.78 is 10.00. The van der Waals surface area contributed by atoms with Gasteiger partial charge >= 0.3 is 0 Å². The Morgan fingerprint density at radius 3 is 2.58 bits per heavy atom. The Hall–Kier alpha value is -2.70. The van der Waals surface area contributed by atoms with Crippen LogP contribution in [0.5, 0.6) is 5.75 Å². The van der Waals surface area contributed by atoms with Crippen molar-refractivity contribution in [1.82, 2.24) is 14.3 Å². The molecule has 3 rings (SSSR count). The highest BCUT2D eigenvalue weighted by molar-refractivity contribution is 7.71. The van der Waals surface area contributed by atoms with Crippen molar-refractivity contribution in [3.05, 3.63) is 83.9 Å². The zero-order chi connectivity index (χ0) is 18.4. The van der Waals surface area contributed by atoms with E-state index in [1.165, 1.54) is 10.5 Å². The first-order chi connectivity index (χ1) is 12.7. The van der Waals surface area contributed by atoms with E-state index in [2.05, 4.69) is 30.9 Å². The lowest BCUT2D eigenvalue weighted by Gasteiger charge is -2.14. The number of hydrogen-bond acceptors (Lipinski definition) is 3. The van der Waals surface area contributed by atoms with Crippen LogP contribution in [-0.2, 0) is 13.2 Å². The largest absolute Gasteiger partial charge is 0.490 e. The lowest BCUT2D eigenvalue weighted by atomic mass is 10.2. The maximum absolute atomic E-state index is 5.57. The van der Waals surface area contributed by atoms with Crippen LogP contribution in [0.4, 0.5) is 0 Å². The smallest absolute Gasteiger partial charge is 0.207 e. The number of ether oxygens (including phenoxy) is 1. The molecule has 0 saturated heterocycles. The zero-order valence-corrected chi connectivity index (χ0v) is 15.7. The number of nitrogens with one attached hydrogen (secondary N) is 1. The van der Waals surface area contributed by atoms with E-state index >= 15 is 0 Å². The maximum atomic E-state index is 5.57. The number of benzene rings is 2. The van der Waals surface area contributed by atoms with Crippen molar-refractivity contribution in [2.45, 2.75) is 13.2 Å². The number of rotatable bonds is 8. The fourth-order valence-corrected chi connectivity index (χ4v) is 2.99. The number of quaternary nitrogens is 1. The van der Waals surface area contributed by atoms with Gasteiger partial charge in [-0.25, -0.2) is 0 Å². The third-order valence-electron chi connectivity index (χ3n) is 3.98. The minimum absolute atomic E-state index is 0.521. The van der Waals surface area contributed by atoms with Crippen molar-refractivity contribution >= 4 is 12.2 Å². The summed E-state index contributed by atoms with van der Waals surface area (Å²) in [5.74, 6) is 0.857. The lowest BCUT2D eigenvalue weighted by Crippen LogP contribution is -3.07. The van der Waals surface area contributed by atoms with Gasteiger partial charge < -0.3 is 9.64 Å². The van der Waals surface area contributed by atoms with Crippen molar-refractivity contribution in [3.63, 3.8) is 0 Å². The standard InChI is InChI=1S/C20H22N4OS/c1-3-13-25-19-11-9-17(10-12-19)14-22(2)16-24-20(26)23(15-21-24)18-7-5-4-6-8-18/h3-12,15H,1,13-14,16H2,2H3/p+1. The Labute approximate surface area is 158 Å². The molecule has 2 aromatic carbocycles. The summed E-state index contributed by atoms with van der Waals surface area (Å²) in [7, 11) is 2.13. The Morgan fingerprint density at radius 2 is 1.88 bits per heavy atom. The first kappa shape index (κ1) is 18.1. The molecule has 0 bridgehead atoms. The predicted molar refractivity (Wildman–Crippen MR) is 105 cm³/mol. The van der Waals surface area contributed by atoms with Crippen LogP contribution in [0, 0.1) is 4.77 Å². The summed E-state index contributed by atoms with van der Waals surface area (Å²) in [5, 5.41) is 4.45. The first-order valence-corrected chi connectivity index (χ1v) is 8.92. The molecule has 1 aromatic heterocycles. The van der Waals surface area contributed by atoms with Gasteiger partial charge in [-0.2, -0.15) is 9.78 Å². The van der Waals surface area contributed by atoms with Crippen LogP contribution < -0.4 is 9.64 Å². The van der Waals surface area contributed by atoms with Crippen molar-refractivity contribution in [3.8, 4) is 11.4 Å². The highest BCUT2D eigenvalue weighted by atomic mass is 32.1. The number of aromatic nitrogens is 3. The van der Waals surface area contributed by atoms with E-state index in [9.17, 15) is 0 Å². The lowest BCUT2D eigenvalue weighted by molar-refractivity contribution is -0.917. The molecule has 6 heteroatoms. The van der Waals surface area contributed by atoms with Crippen LogP contribution in [-0.4, -0.2) is 28.0 Å². The number of hydrogen-bond donors (Lipinski definition) is 1. The molecule has 0 saturated carbocycles. The third kappa shape index (κ3) is 4.47. The molecule has 5 nitrogen and oxygen atoms in total. The fourth-order valence-electron chi connectivity index (χ4n) is 2.73. The Morgan fingerprint density at radius 1 is 1.15 bits per heavy atom. The van der Waals surface area contributed by atoms with E-state index in [0.717, 1.165) is 18.0 Å². The van der Waals surface area contributed by atoms with Crippen LogP contribution in [0.3, 0.4) is 0 Å². The van der Waals surface area contributed by atoms with Gasteiger partial charge in [-0.15, -0.1) is 0 Å². The molecule has 0 radical (unpaired) electrons. The Kier molecular flexibility index (Phi) is 5.99. The molecule has 1 N–H and O–H groups in total. The highest BCUT2D eigenvalue weighted by Crippen LogP contribution is 2.11. The second-order valence-electron chi connectivity index (χ2n) is 6.15. The topological polar surface area (TPSA) is 36.4 Å². The molecule has 3 aromatic rings. The molecule has 1 unspecified atom stereocenters. The molecule has 26 heavy (non-hydrogen) atoms. The fraction of sp³-hybridized carbons (Fsp3) is 0.200. The highest BCUT2D eigenvalue weighted by Gasteiger charge is 2.09. The molecule has 1 atom stereocenters. The normalized spacial score (nSPS) is 11.9. The molecule has 0 aliphatic heterocycles. The van der Waals surface area contributed by atoms with Gasteiger partial charge in [0.25, 0.3) is 0 Å². The van der Waals surface area contributed by atoms with Gasteiger partial charge in [0.15, 0.2) is 6.67 Å². The Bertz CT molecular complexity index is 900. The monoisotopic (exact) mass is 367 g/mol. The van der Waals surface area contributed by atoms with Crippen molar-refractivity contribution in [2.24, 2.45) is 0 Å². The van der Waals surface area contributed by atoms with Crippen LogP contribution in [0.1, 0.15) is 5.56 Å². The minimum atomic E-state index is 0.521. The predicted octanol–water partition coefficient (Wildman–Crippen LogP) is 2.64. The van der Waals surface area contributed by atoms with Crippen LogP contribution in [0.25, 0.3) is 5.69 Å². The summed E-state index contributed by atoms with van der Waals surface area (Å²) in [6.07, 6.45) is 3.51. The molecular formula is C20H23N4OS+. The molecule has 0 aliphatic rings. The van der Waals surface area contributed by atoms with Gasteiger partial charge in [0.2, 0.25) is 4.77 Å². The number of para-hydroxylation sites is 1. The van der Waals surface area contributed by atoms with Gasteiger partial charge in [0, 0.05) is 11.3 Å². The summed E-state index contributed by atoms with van der Waals surface area (Å²) >= 11 is 5.57. The molecule has 0 fully saturated rings.